The Labute approximate surface area is 229 Å². The van der Waals surface area contributed by atoms with E-state index in [0.717, 1.165) is 50.7 Å². The van der Waals surface area contributed by atoms with E-state index < -0.39 is 0 Å². The molecule has 0 aliphatic carbocycles. The first kappa shape index (κ1) is 22.5. The molecule has 40 heavy (non-hydrogen) atoms. The molecule has 0 bridgehead atoms. The lowest BCUT2D eigenvalue weighted by molar-refractivity contribution is 0.451. The molecular weight excluding hydrogens is 502 g/mol. The van der Waals surface area contributed by atoms with Gasteiger partial charge in [-0.3, -0.25) is 0 Å². The highest BCUT2D eigenvalue weighted by Gasteiger charge is 2.21. The van der Waals surface area contributed by atoms with Crippen LogP contribution in [0, 0.1) is 0 Å². The van der Waals surface area contributed by atoms with Crippen LogP contribution in [0.4, 0.5) is 5.69 Å². The molecule has 7 nitrogen and oxygen atoms in total. The highest BCUT2D eigenvalue weighted by molar-refractivity contribution is 6.13. The quantitative estimate of drug-likeness (QED) is 0.223. The minimum absolute atomic E-state index is 0.486. The van der Waals surface area contributed by atoms with Gasteiger partial charge in [-0.25, -0.2) is 4.98 Å². The van der Waals surface area contributed by atoms with E-state index in [2.05, 4.69) is 46.4 Å². The van der Waals surface area contributed by atoms with Crippen LogP contribution in [0.2, 0.25) is 0 Å². The summed E-state index contributed by atoms with van der Waals surface area (Å²) in [5.74, 6) is 2.31. The summed E-state index contributed by atoms with van der Waals surface area (Å²) in [4.78, 5) is 8.63. The molecule has 7 aromatic rings. The molecule has 0 N–H and O–H groups in total. The van der Waals surface area contributed by atoms with Gasteiger partial charge in [0.2, 0.25) is 5.88 Å². The van der Waals surface area contributed by atoms with Crippen LogP contribution in [0.25, 0.3) is 43.9 Å². The fraction of sp³-hybridized carbons (Fsp3) is 0.0606. The van der Waals surface area contributed by atoms with E-state index in [9.17, 15) is 0 Å². The van der Waals surface area contributed by atoms with E-state index in [-0.39, 0.29) is 0 Å². The van der Waals surface area contributed by atoms with Crippen molar-refractivity contribution in [3.05, 3.63) is 110 Å². The number of hydrogen-bond donors (Lipinski definition) is 0. The lowest BCUT2D eigenvalue weighted by atomic mass is 10.1. The number of rotatable bonds is 5. The summed E-state index contributed by atoms with van der Waals surface area (Å²) >= 11 is 0. The van der Waals surface area contributed by atoms with Gasteiger partial charge < -0.3 is 28.1 Å². The van der Waals surface area contributed by atoms with Crippen LogP contribution in [0.15, 0.2) is 118 Å². The summed E-state index contributed by atoms with van der Waals surface area (Å²) in [5, 5.41) is 3.95. The van der Waals surface area contributed by atoms with E-state index >= 15 is 0 Å². The van der Waals surface area contributed by atoms with Crippen molar-refractivity contribution in [2.45, 2.75) is 0 Å². The number of benzene rings is 4. The minimum Gasteiger partial charge on any atom is -0.456 e. The van der Waals surface area contributed by atoms with Crippen molar-refractivity contribution in [3.8, 4) is 23.1 Å². The van der Waals surface area contributed by atoms with E-state index in [1.807, 2.05) is 78.9 Å². The average molecular weight is 526 g/mol. The first-order chi connectivity index (χ1) is 19.7. The van der Waals surface area contributed by atoms with Crippen LogP contribution in [-0.2, 0) is 0 Å². The third kappa shape index (κ3) is 3.71. The van der Waals surface area contributed by atoms with Crippen molar-refractivity contribution in [1.82, 2.24) is 9.88 Å². The van der Waals surface area contributed by atoms with Crippen LogP contribution < -0.4 is 14.4 Å². The smallest absolute Gasteiger partial charge is 0.219 e. The molecule has 0 saturated carbocycles. The highest BCUT2D eigenvalue weighted by Crippen LogP contribution is 2.44. The van der Waals surface area contributed by atoms with Crippen LogP contribution in [0.5, 0.6) is 23.1 Å². The molecule has 0 spiro atoms. The minimum atomic E-state index is 0.486. The molecular formula is C33H23N3O4. The molecule has 0 amide bonds. The molecule has 8 rings (SSSR count). The monoisotopic (exact) mass is 525 g/mol. The number of ether oxygens (including phenoxy) is 2. The van der Waals surface area contributed by atoms with Gasteiger partial charge in [0.05, 0.1) is 23.1 Å². The Kier molecular flexibility index (Phi) is 4.97. The molecule has 0 saturated heterocycles. The standard InChI is InChI=1S/C33H23N3O4/c1-35-14-15-36(20-35)25-16-21(17-28-32(25)23-8-2-4-10-26(23)39-28)37-29-18-22(38-31-12-6-7-13-34-31)19-30-33(29)24-9-3-5-11-27(24)40-30/h2-19H,20H2,1H3. The molecule has 3 aromatic heterocycles. The van der Waals surface area contributed by atoms with Gasteiger partial charge in [-0.2, -0.15) is 0 Å². The van der Waals surface area contributed by atoms with Crippen molar-refractivity contribution in [2.75, 3.05) is 18.6 Å². The van der Waals surface area contributed by atoms with Crippen molar-refractivity contribution >= 4 is 49.6 Å². The number of fused-ring (bicyclic) bond motifs is 6. The van der Waals surface area contributed by atoms with Gasteiger partial charge in [0, 0.05) is 66.7 Å². The van der Waals surface area contributed by atoms with E-state index in [4.69, 9.17) is 18.3 Å². The number of furan rings is 2. The maximum absolute atomic E-state index is 6.68. The number of nitrogens with zero attached hydrogens (tertiary/aromatic N) is 3. The molecule has 4 aromatic carbocycles. The molecule has 0 unspecified atom stereocenters. The Balaban J connectivity index is 1.31. The number of aromatic nitrogens is 1. The third-order valence-corrected chi connectivity index (χ3v) is 7.12. The second-order valence-corrected chi connectivity index (χ2v) is 9.84. The normalized spacial score (nSPS) is 13.3. The van der Waals surface area contributed by atoms with Crippen molar-refractivity contribution in [2.24, 2.45) is 0 Å². The SMILES string of the molecule is CN1C=CN(c2cc(Oc3cc(Oc4ccccn4)cc4oc5ccccc5c34)cc3oc4ccccc4c23)C1. The zero-order chi connectivity index (χ0) is 26.6. The topological polar surface area (TPSA) is 64.1 Å². The van der Waals surface area contributed by atoms with E-state index in [1.165, 1.54) is 0 Å². The van der Waals surface area contributed by atoms with Crippen molar-refractivity contribution in [1.29, 1.82) is 0 Å². The summed E-state index contributed by atoms with van der Waals surface area (Å²) < 4.78 is 25.3. The molecule has 4 heterocycles. The maximum atomic E-state index is 6.68. The van der Waals surface area contributed by atoms with E-state index in [0.29, 0.717) is 28.7 Å². The predicted molar refractivity (Wildman–Crippen MR) is 156 cm³/mol. The van der Waals surface area contributed by atoms with Gasteiger partial charge >= 0.3 is 0 Å². The van der Waals surface area contributed by atoms with Crippen LogP contribution >= 0.6 is 0 Å². The fourth-order valence-corrected chi connectivity index (χ4v) is 5.37. The summed E-state index contributed by atoms with van der Waals surface area (Å²) in [7, 11) is 2.05. The first-order valence-corrected chi connectivity index (χ1v) is 13.0. The fourth-order valence-electron chi connectivity index (χ4n) is 5.37. The number of anilines is 1. The van der Waals surface area contributed by atoms with Gasteiger partial charge in [-0.15, -0.1) is 0 Å². The second kappa shape index (κ2) is 8.81. The molecule has 1 aliphatic heterocycles. The molecule has 1 aliphatic rings. The Morgan fingerprint density at radius 1 is 0.675 bits per heavy atom. The van der Waals surface area contributed by atoms with Crippen molar-refractivity contribution < 1.29 is 18.3 Å². The Hall–Kier alpha value is -5.43. The summed E-state index contributed by atoms with van der Waals surface area (Å²) in [6.45, 7) is 0.724. The largest absolute Gasteiger partial charge is 0.456 e. The number of pyridine rings is 1. The Morgan fingerprint density at radius 3 is 2.05 bits per heavy atom. The van der Waals surface area contributed by atoms with Crippen LogP contribution in [-0.4, -0.2) is 23.6 Å². The average Bonchev–Trinajstić information content (AvgIpc) is 3.67. The molecule has 7 heteroatoms. The summed E-state index contributed by atoms with van der Waals surface area (Å²) in [5.41, 5.74) is 4.04. The number of para-hydroxylation sites is 2. The van der Waals surface area contributed by atoms with Crippen molar-refractivity contribution in [3.63, 3.8) is 0 Å². The van der Waals surface area contributed by atoms with Gasteiger partial charge in [0.1, 0.15) is 39.6 Å². The maximum Gasteiger partial charge on any atom is 0.219 e. The molecule has 0 atom stereocenters. The van der Waals surface area contributed by atoms with Crippen LogP contribution in [0.1, 0.15) is 0 Å². The molecule has 0 radical (unpaired) electrons. The summed E-state index contributed by atoms with van der Waals surface area (Å²) in [6.07, 6.45) is 5.82. The predicted octanol–water partition coefficient (Wildman–Crippen LogP) is 8.65. The van der Waals surface area contributed by atoms with Gasteiger partial charge in [-0.1, -0.05) is 42.5 Å². The Bertz CT molecular complexity index is 2080. The third-order valence-electron chi connectivity index (χ3n) is 7.12. The summed E-state index contributed by atoms with van der Waals surface area (Å²) in [6, 6.07) is 29.3. The van der Waals surface area contributed by atoms with Crippen LogP contribution in [0.3, 0.4) is 0 Å². The first-order valence-electron chi connectivity index (χ1n) is 13.0. The lowest BCUT2D eigenvalue weighted by Gasteiger charge is -2.20. The zero-order valence-electron chi connectivity index (χ0n) is 21.6. The zero-order valence-corrected chi connectivity index (χ0v) is 21.6. The number of hydrogen-bond acceptors (Lipinski definition) is 7. The molecule has 194 valence electrons. The van der Waals surface area contributed by atoms with Gasteiger partial charge in [0.25, 0.3) is 0 Å². The Morgan fingerprint density at radius 2 is 1.35 bits per heavy atom. The second-order valence-electron chi connectivity index (χ2n) is 9.84. The van der Waals surface area contributed by atoms with Gasteiger partial charge in [0.15, 0.2) is 0 Å². The van der Waals surface area contributed by atoms with E-state index in [1.54, 1.807) is 6.20 Å². The van der Waals surface area contributed by atoms with Gasteiger partial charge in [-0.05, 0) is 18.2 Å². The molecule has 0 fully saturated rings. The highest BCUT2D eigenvalue weighted by atomic mass is 16.5. The lowest BCUT2D eigenvalue weighted by Crippen LogP contribution is -2.21.